The van der Waals surface area contributed by atoms with Gasteiger partial charge in [-0.15, -0.1) is 0 Å². The lowest BCUT2D eigenvalue weighted by molar-refractivity contribution is -0.386. The predicted octanol–water partition coefficient (Wildman–Crippen LogP) is 8.37. The van der Waals surface area contributed by atoms with Crippen molar-refractivity contribution < 1.29 is 22.8 Å². The van der Waals surface area contributed by atoms with Gasteiger partial charge in [-0.05, 0) is 62.6 Å². The molecular formula is C33H20BrF3N4O4. The molecule has 1 heterocycles. The quantitative estimate of drug-likeness (QED) is 0.0964. The molecule has 12 heteroatoms. The van der Waals surface area contributed by atoms with Crippen LogP contribution in [0.25, 0.3) is 33.1 Å². The van der Waals surface area contributed by atoms with Gasteiger partial charge in [-0.2, -0.15) is 22.9 Å². The molecule has 5 aromatic carbocycles. The molecule has 6 rings (SSSR count). The predicted molar refractivity (Wildman–Crippen MR) is 169 cm³/mol. The van der Waals surface area contributed by atoms with Crippen LogP contribution in [0.4, 0.5) is 18.9 Å². The van der Waals surface area contributed by atoms with Crippen LogP contribution in [0.2, 0.25) is 0 Å². The zero-order chi connectivity index (χ0) is 31.7. The second-order valence-corrected chi connectivity index (χ2v) is 10.8. The first-order valence-electron chi connectivity index (χ1n) is 13.4. The van der Waals surface area contributed by atoms with Gasteiger partial charge >= 0.3 is 11.9 Å². The van der Waals surface area contributed by atoms with Crippen molar-refractivity contribution in [2.24, 2.45) is 5.10 Å². The summed E-state index contributed by atoms with van der Waals surface area (Å²) in [5.74, 6) is -0.135. The van der Waals surface area contributed by atoms with Gasteiger partial charge in [-0.3, -0.25) is 14.9 Å². The van der Waals surface area contributed by atoms with Crippen molar-refractivity contribution in [2.75, 3.05) is 0 Å². The molecule has 0 aliphatic heterocycles. The van der Waals surface area contributed by atoms with Gasteiger partial charge in [0.15, 0.2) is 5.82 Å². The Balaban J connectivity index is 1.40. The fourth-order valence-electron chi connectivity index (χ4n) is 4.90. The number of benzene rings is 5. The molecule has 0 unspecified atom stereocenters. The molecule has 45 heavy (non-hydrogen) atoms. The lowest BCUT2D eigenvalue weighted by atomic mass is 10.1. The van der Waals surface area contributed by atoms with Gasteiger partial charge in [0.2, 0.25) is 5.75 Å². The average Bonchev–Trinajstić information content (AvgIpc) is 3.03. The van der Waals surface area contributed by atoms with Crippen molar-refractivity contribution in [2.45, 2.75) is 12.8 Å². The highest BCUT2D eigenvalue weighted by Gasteiger charge is 2.31. The van der Waals surface area contributed by atoms with E-state index in [0.717, 1.165) is 33.1 Å². The first-order valence-corrected chi connectivity index (χ1v) is 14.2. The molecule has 0 fully saturated rings. The van der Waals surface area contributed by atoms with Crippen molar-refractivity contribution in [3.8, 4) is 17.1 Å². The van der Waals surface area contributed by atoms with Crippen molar-refractivity contribution in [1.29, 1.82) is 0 Å². The van der Waals surface area contributed by atoms with E-state index in [1.165, 1.54) is 36.5 Å². The number of para-hydroxylation sites is 1. The smallest absolute Gasteiger partial charge is 0.416 e. The monoisotopic (exact) mass is 672 g/mol. The van der Waals surface area contributed by atoms with Crippen molar-refractivity contribution in [1.82, 2.24) is 9.66 Å². The highest BCUT2D eigenvalue weighted by molar-refractivity contribution is 9.10. The number of rotatable bonds is 7. The highest BCUT2D eigenvalue weighted by atomic mass is 79.9. The fraction of sp³-hybridized carbons (Fsp3) is 0.0606. The minimum absolute atomic E-state index is 0.000669. The maximum absolute atomic E-state index is 13.5. The molecule has 0 spiro atoms. The van der Waals surface area contributed by atoms with Gasteiger partial charge in [0, 0.05) is 17.2 Å². The van der Waals surface area contributed by atoms with Crippen LogP contribution in [-0.4, -0.2) is 20.8 Å². The van der Waals surface area contributed by atoms with E-state index in [2.05, 4.69) is 26.0 Å². The number of nitro benzene ring substituents is 1. The third-order valence-electron chi connectivity index (χ3n) is 7.02. The van der Waals surface area contributed by atoms with Crippen LogP contribution in [-0.2, 0) is 12.8 Å². The lowest BCUT2D eigenvalue weighted by Crippen LogP contribution is -2.20. The normalized spacial score (nSPS) is 11.8. The number of halogens is 4. The van der Waals surface area contributed by atoms with E-state index in [0.29, 0.717) is 0 Å². The Morgan fingerprint density at radius 2 is 1.64 bits per heavy atom. The summed E-state index contributed by atoms with van der Waals surface area (Å²) in [7, 11) is 0. The molecule has 224 valence electrons. The topological polar surface area (TPSA) is 99.6 Å². The Hall–Kier alpha value is -5.36. The van der Waals surface area contributed by atoms with Crippen LogP contribution in [0.1, 0.15) is 16.7 Å². The zero-order valence-corrected chi connectivity index (χ0v) is 24.6. The standard InChI is InChI=1S/C33H20BrF3N4O4/c34-27-15-20(16-29(41(43)44)30(27)45-19-23-10-5-8-21-7-1-2-12-25(21)23)18-38-40-31(22-9-6-11-24(17-22)33(35,36)37)39-28-14-4-3-13-26(28)32(40)42/h1-18H,19H2. The van der Waals surface area contributed by atoms with Crippen molar-refractivity contribution in [3.05, 3.63) is 145 Å². The van der Waals surface area contributed by atoms with E-state index in [1.54, 1.807) is 18.2 Å². The van der Waals surface area contributed by atoms with E-state index < -0.39 is 22.2 Å². The molecule has 1 aromatic heterocycles. The number of ether oxygens (including phenoxy) is 1. The molecule has 0 saturated heterocycles. The molecule has 0 amide bonds. The summed E-state index contributed by atoms with van der Waals surface area (Å²) in [6, 6.07) is 26.9. The molecule has 0 aliphatic rings. The molecule has 0 bridgehead atoms. The molecule has 0 aliphatic carbocycles. The highest BCUT2D eigenvalue weighted by Crippen LogP contribution is 2.37. The van der Waals surface area contributed by atoms with Crippen LogP contribution in [0.3, 0.4) is 0 Å². The zero-order valence-electron chi connectivity index (χ0n) is 23.0. The Morgan fingerprint density at radius 3 is 2.42 bits per heavy atom. The SMILES string of the molecule is O=c1c2ccccc2nc(-c2cccc(C(F)(F)F)c2)n1N=Cc1cc(Br)c(OCc2cccc3ccccc23)c([N+](=O)[O-])c1. The summed E-state index contributed by atoms with van der Waals surface area (Å²) in [4.78, 5) is 29.4. The summed E-state index contributed by atoms with van der Waals surface area (Å²) in [5, 5.41) is 18.5. The summed E-state index contributed by atoms with van der Waals surface area (Å²) in [6.45, 7) is 0.0622. The first kappa shape index (κ1) is 29.7. The average molecular weight is 673 g/mol. The van der Waals surface area contributed by atoms with E-state index >= 15 is 0 Å². The molecule has 0 atom stereocenters. The molecule has 6 aromatic rings. The van der Waals surface area contributed by atoms with Gasteiger partial charge in [0.25, 0.3) is 5.56 Å². The van der Waals surface area contributed by atoms with Crippen molar-refractivity contribution in [3.63, 3.8) is 0 Å². The minimum atomic E-state index is -4.62. The van der Waals surface area contributed by atoms with Crippen molar-refractivity contribution >= 4 is 49.5 Å². The molecular weight excluding hydrogens is 653 g/mol. The maximum Gasteiger partial charge on any atom is 0.416 e. The summed E-state index contributed by atoms with van der Waals surface area (Å²) in [6.07, 6.45) is -3.43. The maximum atomic E-state index is 13.5. The second-order valence-electron chi connectivity index (χ2n) is 9.93. The number of aromatic nitrogens is 2. The summed E-state index contributed by atoms with van der Waals surface area (Å²) >= 11 is 3.36. The van der Waals surface area contributed by atoms with Crippen LogP contribution < -0.4 is 10.3 Å². The number of alkyl halides is 3. The largest absolute Gasteiger partial charge is 0.481 e. The van der Waals surface area contributed by atoms with E-state index in [-0.39, 0.29) is 50.4 Å². The van der Waals surface area contributed by atoms with E-state index in [9.17, 15) is 28.1 Å². The summed E-state index contributed by atoms with van der Waals surface area (Å²) < 4.78 is 47.5. The Morgan fingerprint density at radius 1 is 0.933 bits per heavy atom. The molecule has 0 saturated carbocycles. The van der Waals surface area contributed by atoms with Crippen LogP contribution >= 0.6 is 15.9 Å². The molecule has 8 nitrogen and oxygen atoms in total. The lowest BCUT2D eigenvalue weighted by Gasteiger charge is -2.12. The van der Waals surface area contributed by atoms with Gasteiger partial charge in [-0.25, -0.2) is 4.98 Å². The van der Waals surface area contributed by atoms with Crippen LogP contribution in [0.5, 0.6) is 5.75 Å². The van der Waals surface area contributed by atoms with Gasteiger partial charge in [0.05, 0.1) is 32.1 Å². The van der Waals surface area contributed by atoms with Gasteiger partial charge < -0.3 is 4.74 Å². The Kier molecular flexibility index (Phi) is 7.90. The number of hydrogen-bond donors (Lipinski definition) is 0. The summed E-state index contributed by atoms with van der Waals surface area (Å²) in [5.41, 5.74) is -0.564. The van der Waals surface area contributed by atoms with Gasteiger partial charge in [-0.1, -0.05) is 66.7 Å². The third kappa shape index (κ3) is 6.04. The number of fused-ring (bicyclic) bond motifs is 2. The van der Waals surface area contributed by atoms with Crippen LogP contribution in [0.15, 0.2) is 117 Å². The Bertz CT molecular complexity index is 2190. The molecule has 0 N–H and O–H groups in total. The molecule has 0 radical (unpaired) electrons. The Labute approximate surface area is 261 Å². The van der Waals surface area contributed by atoms with Crippen LogP contribution in [0, 0.1) is 10.1 Å². The minimum Gasteiger partial charge on any atom is -0.481 e. The van der Waals surface area contributed by atoms with E-state index in [1.807, 2.05) is 42.5 Å². The number of nitrogens with zero attached hydrogens (tertiary/aromatic N) is 4. The second kappa shape index (κ2) is 12.0. The third-order valence-corrected chi connectivity index (χ3v) is 7.61. The van der Waals surface area contributed by atoms with Gasteiger partial charge in [0.1, 0.15) is 6.61 Å². The van der Waals surface area contributed by atoms with E-state index in [4.69, 9.17) is 4.74 Å². The number of hydrogen-bond acceptors (Lipinski definition) is 6. The fourth-order valence-corrected chi connectivity index (χ4v) is 5.48. The number of nitro groups is 1. The first-order chi connectivity index (χ1) is 21.6.